The summed E-state index contributed by atoms with van der Waals surface area (Å²) in [6.45, 7) is 9.15. The number of rotatable bonds is 24. The van der Waals surface area contributed by atoms with Crippen LogP contribution in [-0.4, -0.2) is 246 Å². The van der Waals surface area contributed by atoms with E-state index in [-0.39, 0.29) is 74.5 Å². The number of Topliss-reactive ketones (excluding diaryl/α,β-unsaturated/α-hetero) is 2. The number of ether oxygens (including phenoxy) is 12. The number of aliphatic hydroxyl groups is 6. The molecule has 6 heterocycles. The molecule has 7 N–H and O–H groups in total. The minimum Gasteiger partial charge on any atom is -0.481 e. The molecule has 0 saturated carbocycles. The number of aliphatic hydroxyl groups excluding tert-OH is 3. The van der Waals surface area contributed by atoms with E-state index in [1.54, 1.807) is 48.6 Å². The summed E-state index contributed by atoms with van der Waals surface area (Å²) in [6.07, 6.45) is -5.10. The third kappa shape index (κ3) is 14.4. The van der Waals surface area contributed by atoms with Crippen LogP contribution in [0.2, 0.25) is 0 Å². The minimum absolute atomic E-state index is 0.0139. The molecule has 3 spiro atoms. The molecule has 646 valence electrons. The molecule has 34 heteroatoms. The van der Waals surface area contributed by atoms with E-state index in [0.717, 1.165) is 61.1 Å². The van der Waals surface area contributed by atoms with Gasteiger partial charge in [-0.1, -0.05) is 66.7 Å². The zero-order valence-electron chi connectivity index (χ0n) is 68.3. The minimum atomic E-state index is -2.14. The number of piperidine rings is 3. The molecule has 6 aliphatic carbocycles. The fourth-order valence-electron chi connectivity index (χ4n) is 20.8. The van der Waals surface area contributed by atoms with E-state index in [9.17, 15) is 93.3 Å². The molecule has 12 aliphatic rings. The molecule has 16 rings (SSSR count). The van der Waals surface area contributed by atoms with Gasteiger partial charge in [0.15, 0.2) is 30.2 Å². The van der Waals surface area contributed by atoms with Gasteiger partial charge in [0, 0.05) is 104 Å². The van der Waals surface area contributed by atoms with Crippen molar-refractivity contribution in [2.45, 2.75) is 245 Å². The molecule has 34 nitrogen and oxygen atoms in total. The largest absolute Gasteiger partial charge is 0.481 e. The molecule has 4 aromatic rings. The number of carbonyl (C=O) groups excluding carboxylic acids is 11. The SMILES string of the molecule is CC(=O)C[C@H](OC(C)=O)C(=O)O[C@H](C(=O)OC1=CC[C@@]2(O)[C@H]3Cc4ccc(CO)c5c4[C@@]2(CCN3C)[C@H]1O5)c1ccccc1.CC(=O)O[C@@H](C(=O)O)[C@@H](OC(C)=O)C(=O)OC1=CC[C@@]2(O)[C@H]3Cc4ccc(CO)c5c4[C@@]2(CCN3C)[C@H]1O5.CC(=O)O[C@@H](CC(=O)OC1=CC[C@@]2(O)[C@H]3Cc4ccc(CO)c5c4[C@@]2(CCN3C)[C@H]1O5)C(=O)O[C@@H](C)C(C)=O. The van der Waals surface area contributed by atoms with Gasteiger partial charge in [-0.05, 0) is 135 Å². The number of benzene rings is 4. The van der Waals surface area contributed by atoms with Crippen molar-refractivity contribution in [2.24, 2.45) is 0 Å². The van der Waals surface area contributed by atoms with Crippen molar-refractivity contribution in [3.8, 4) is 17.2 Å². The second kappa shape index (κ2) is 32.9. The number of likely N-dealkylation sites (N-methyl/N-ethyl adjacent to an activating group) is 3. The molecule has 18 atom stereocenters. The normalized spacial score (nSPS) is 29.1. The highest BCUT2D eigenvalue weighted by molar-refractivity contribution is 5.91. The fourth-order valence-corrected chi connectivity index (χ4v) is 20.8. The van der Waals surface area contributed by atoms with Crippen LogP contribution in [0.1, 0.15) is 162 Å². The van der Waals surface area contributed by atoms with E-state index in [1.807, 2.05) is 51.5 Å². The van der Waals surface area contributed by atoms with Crippen LogP contribution in [0.15, 0.2) is 102 Å². The number of hydrogen-bond donors (Lipinski definition) is 7. The van der Waals surface area contributed by atoms with E-state index in [4.69, 9.17) is 56.8 Å². The Morgan fingerprint density at radius 1 is 0.446 bits per heavy atom. The van der Waals surface area contributed by atoms with Gasteiger partial charge in [0.2, 0.25) is 30.5 Å². The summed E-state index contributed by atoms with van der Waals surface area (Å²) in [5, 5.41) is 76.5. The van der Waals surface area contributed by atoms with Crippen molar-refractivity contribution < 1.29 is 150 Å². The van der Waals surface area contributed by atoms with Crippen LogP contribution >= 0.6 is 0 Å². The molecule has 6 aliphatic heterocycles. The van der Waals surface area contributed by atoms with Crippen molar-refractivity contribution >= 4 is 71.3 Å². The van der Waals surface area contributed by atoms with Gasteiger partial charge in [-0.15, -0.1) is 0 Å². The van der Waals surface area contributed by atoms with Gasteiger partial charge in [-0.25, -0.2) is 24.0 Å². The van der Waals surface area contributed by atoms with Crippen LogP contribution in [-0.2, 0) is 155 Å². The first kappa shape index (κ1) is 86.6. The summed E-state index contributed by atoms with van der Waals surface area (Å²) >= 11 is 0. The number of aliphatic carboxylic acids is 1. The predicted molar refractivity (Wildman–Crippen MR) is 412 cm³/mol. The molecule has 6 bridgehead atoms. The Morgan fingerprint density at radius 3 is 1.17 bits per heavy atom. The lowest BCUT2D eigenvalue weighted by Crippen LogP contribution is -2.74. The molecular formula is C87H97N3O31. The van der Waals surface area contributed by atoms with Crippen LogP contribution in [0.5, 0.6) is 17.2 Å². The number of likely N-dealkylation sites (tertiary alicyclic amines) is 3. The highest BCUT2D eigenvalue weighted by Crippen LogP contribution is 2.68. The Morgan fingerprint density at radius 2 is 0.810 bits per heavy atom. The number of carboxylic acid groups (broad SMARTS) is 1. The average molecular weight is 1680 g/mol. The lowest BCUT2D eigenvalue weighted by atomic mass is 9.50. The highest BCUT2D eigenvalue weighted by Gasteiger charge is 2.75. The number of carboxylic acids is 1. The molecule has 0 aromatic heterocycles. The first-order valence-electron chi connectivity index (χ1n) is 40.0. The van der Waals surface area contributed by atoms with E-state index in [0.29, 0.717) is 97.7 Å². The Labute approximate surface area is 694 Å². The van der Waals surface area contributed by atoms with E-state index in [1.165, 1.54) is 26.8 Å². The van der Waals surface area contributed by atoms with Crippen molar-refractivity contribution in [3.63, 3.8) is 0 Å². The predicted octanol–water partition coefficient (Wildman–Crippen LogP) is 2.99. The van der Waals surface area contributed by atoms with E-state index in [2.05, 4.69) is 14.7 Å². The molecule has 121 heavy (non-hydrogen) atoms. The maximum Gasteiger partial charge on any atom is 0.357 e. The second-order valence-electron chi connectivity index (χ2n) is 33.1. The number of esters is 9. The maximum atomic E-state index is 13.9. The zero-order chi connectivity index (χ0) is 87.2. The lowest BCUT2D eigenvalue weighted by molar-refractivity contribution is -0.190. The van der Waals surface area contributed by atoms with Gasteiger partial charge in [0.1, 0.15) is 40.3 Å². The summed E-state index contributed by atoms with van der Waals surface area (Å²) in [6, 6.07) is 18.9. The number of nitrogens with zero attached hydrogens (tertiary/aromatic N) is 3. The Bertz CT molecular complexity index is 5040. The molecule has 4 aromatic carbocycles. The number of carbonyl (C=O) groups is 12. The molecule has 0 amide bonds. The number of ketones is 2. The fraction of sp³-hybridized carbons (Fsp3) is 0.517. The third-order valence-corrected chi connectivity index (χ3v) is 26.3. The zero-order valence-corrected chi connectivity index (χ0v) is 68.3. The monoisotopic (exact) mass is 1680 g/mol. The molecular weight excluding hydrogens is 1580 g/mol. The summed E-state index contributed by atoms with van der Waals surface area (Å²) in [7, 11) is 5.91. The van der Waals surface area contributed by atoms with Crippen molar-refractivity contribution in [3.05, 3.63) is 158 Å². The van der Waals surface area contributed by atoms with E-state index >= 15 is 0 Å². The Hall–Kier alpha value is -10.8. The van der Waals surface area contributed by atoms with Crippen molar-refractivity contribution in [1.82, 2.24) is 14.7 Å². The van der Waals surface area contributed by atoms with Gasteiger partial charge in [-0.3, -0.25) is 33.6 Å². The molecule has 3 saturated heterocycles. The van der Waals surface area contributed by atoms with Gasteiger partial charge in [0.05, 0.1) is 65.7 Å². The van der Waals surface area contributed by atoms with Gasteiger partial charge >= 0.3 is 59.7 Å². The molecule has 0 unspecified atom stereocenters. The highest BCUT2D eigenvalue weighted by atomic mass is 16.7. The maximum absolute atomic E-state index is 13.9. The van der Waals surface area contributed by atoms with Gasteiger partial charge < -0.3 is 107 Å². The Balaban J connectivity index is 0.000000149. The third-order valence-electron chi connectivity index (χ3n) is 26.3. The summed E-state index contributed by atoms with van der Waals surface area (Å²) in [4.78, 5) is 154. The summed E-state index contributed by atoms with van der Waals surface area (Å²) in [5.74, 6) is -9.46. The first-order chi connectivity index (χ1) is 57.4. The van der Waals surface area contributed by atoms with Crippen LogP contribution in [0, 0.1) is 0 Å². The molecule has 3 fully saturated rings. The first-order valence-corrected chi connectivity index (χ1v) is 40.0. The smallest absolute Gasteiger partial charge is 0.357 e. The van der Waals surface area contributed by atoms with Crippen molar-refractivity contribution in [2.75, 3.05) is 40.8 Å². The molecule has 0 radical (unpaired) electrons. The van der Waals surface area contributed by atoms with Gasteiger partial charge in [-0.2, -0.15) is 0 Å². The van der Waals surface area contributed by atoms with Crippen molar-refractivity contribution in [1.29, 1.82) is 0 Å². The van der Waals surface area contributed by atoms with Crippen LogP contribution in [0.4, 0.5) is 0 Å². The lowest BCUT2D eigenvalue weighted by Gasteiger charge is -2.61. The van der Waals surface area contributed by atoms with Gasteiger partial charge in [0.25, 0.3) is 0 Å². The van der Waals surface area contributed by atoms with Crippen LogP contribution in [0.25, 0.3) is 0 Å². The second-order valence-corrected chi connectivity index (χ2v) is 33.1. The number of hydrogen-bond acceptors (Lipinski definition) is 33. The summed E-state index contributed by atoms with van der Waals surface area (Å²) < 4.78 is 67.0. The quantitative estimate of drug-likeness (QED) is 0.0391. The Kier molecular flexibility index (Phi) is 23.5. The summed E-state index contributed by atoms with van der Waals surface area (Å²) in [5.41, 5.74) is 0.974. The topological polar surface area (TPSA) is 467 Å². The average Bonchev–Trinajstić information content (AvgIpc) is 1.55. The standard InChI is InChI=1S/C33H35NO10.C28H33NO10.C26H29NO11/c1-18(36)15-24(41-19(2)37)30(38)44-28(20-7-5-4-6-8-20)31(39)42-23-11-12-33(40)25-16-21-9-10-22(17-35)27-26(21)32(33,29(23)43-27)13-14-34(25)3;1-14(31)15(2)36-26(34)20(37-16(3)32)12-22(33)38-19-7-8-28(35)21-11-17-5-6-18(13-30)24-23(17)27(28,25(19)39-24)9-10-29(21)4;1-12(29)35-20(23(31)32)21(36-13(2)30)24(33)37-16-6-7-26(34)17-10-14-4-5-15(11-28)19-18(14)25(26,22(16)38-19)8-9-27(17)3/h4-11,24-25,28-29,35,40H,12-17H2,1-3H3;5-7,15,20-21,25,30,35H,8-13H2,1-4H3;4-6,17,20-22,28,34H,7-11H2,1-3H3,(H,31,32)/t24-,25+,28-,29-,32-,33+;15-,20-,21+,25-,27-,28+;17-,20-,21-,22+,25+,26-/m001/s1. The van der Waals surface area contributed by atoms with E-state index < -0.39 is 172 Å². The van der Waals surface area contributed by atoms with Crippen LogP contribution < -0.4 is 14.2 Å². The van der Waals surface area contributed by atoms with Crippen LogP contribution in [0.3, 0.4) is 0 Å².